The van der Waals surface area contributed by atoms with E-state index in [1.807, 2.05) is 7.05 Å². The first kappa shape index (κ1) is 24.6. The fraction of sp³-hybridized carbons (Fsp3) is 0.458. The van der Waals surface area contributed by atoms with Crippen molar-refractivity contribution in [3.05, 3.63) is 71.3 Å². The summed E-state index contributed by atoms with van der Waals surface area (Å²) in [6.45, 7) is 7.40. The third-order valence-electron chi connectivity index (χ3n) is 5.49. The van der Waals surface area contributed by atoms with Crippen molar-refractivity contribution in [3.63, 3.8) is 0 Å². The Morgan fingerprint density at radius 2 is 1.53 bits per heavy atom. The Balaban J connectivity index is 0.00000320. The maximum absolute atomic E-state index is 4.33. The summed E-state index contributed by atoms with van der Waals surface area (Å²) < 4.78 is 0. The van der Waals surface area contributed by atoms with Gasteiger partial charge in [0.1, 0.15) is 0 Å². The molecule has 5 nitrogen and oxygen atoms in total. The number of halogens is 1. The quantitative estimate of drug-likeness (QED) is 0.242. The summed E-state index contributed by atoms with van der Waals surface area (Å²) >= 11 is 0. The summed E-state index contributed by atoms with van der Waals surface area (Å²) in [6.07, 6.45) is 2.17. The zero-order valence-electron chi connectivity index (χ0n) is 18.3. The van der Waals surface area contributed by atoms with Crippen LogP contribution < -0.4 is 10.6 Å². The van der Waals surface area contributed by atoms with Crippen molar-refractivity contribution in [2.75, 3.05) is 46.8 Å². The van der Waals surface area contributed by atoms with Crippen LogP contribution in [0.1, 0.15) is 23.1 Å². The zero-order chi connectivity index (χ0) is 20.3. The molecule has 1 aliphatic rings. The number of rotatable bonds is 8. The van der Waals surface area contributed by atoms with Gasteiger partial charge in [0.05, 0.1) is 0 Å². The van der Waals surface area contributed by atoms with Gasteiger partial charge in [0.25, 0.3) is 0 Å². The number of piperazine rings is 1. The largest absolute Gasteiger partial charge is 0.356 e. The van der Waals surface area contributed by atoms with E-state index in [1.165, 1.54) is 29.8 Å². The molecule has 2 N–H and O–H groups in total. The van der Waals surface area contributed by atoms with E-state index in [4.69, 9.17) is 0 Å². The van der Waals surface area contributed by atoms with Crippen molar-refractivity contribution >= 4 is 29.9 Å². The second-order valence-electron chi connectivity index (χ2n) is 7.84. The lowest BCUT2D eigenvalue weighted by molar-refractivity contribution is 0.148. The first-order valence-corrected chi connectivity index (χ1v) is 10.7. The monoisotopic (exact) mass is 521 g/mol. The van der Waals surface area contributed by atoms with Gasteiger partial charge in [-0.05, 0) is 36.6 Å². The van der Waals surface area contributed by atoms with Crippen LogP contribution in [0.4, 0.5) is 0 Å². The van der Waals surface area contributed by atoms with Gasteiger partial charge >= 0.3 is 0 Å². The molecule has 0 radical (unpaired) electrons. The van der Waals surface area contributed by atoms with E-state index < -0.39 is 0 Å². The highest BCUT2D eigenvalue weighted by atomic mass is 127. The predicted octanol–water partition coefficient (Wildman–Crippen LogP) is 3.35. The molecule has 6 heteroatoms. The van der Waals surface area contributed by atoms with E-state index in [2.05, 4.69) is 87.1 Å². The molecular weight excluding hydrogens is 485 g/mol. The minimum absolute atomic E-state index is 0. The Hall–Kier alpha value is -1.64. The number of nitrogens with zero attached hydrogens (tertiary/aromatic N) is 3. The number of benzene rings is 2. The Morgan fingerprint density at radius 3 is 2.20 bits per heavy atom. The molecule has 0 aliphatic carbocycles. The molecule has 0 bridgehead atoms. The highest BCUT2D eigenvalue weighted by molar-refractivity contribution is 14.0. The van der Waals surface area contributed by atoms with E-state index in [1.54, 1.807) is 0 Å². The maximum atomic E-state index is 4.33. The standard InChI is InChI=1S/C24H35N5.HI/c1-25-24(26-14-6-9-21-7-4-3-5-8-21)27-19-22-10-12-23(13-11-22)20-29-17-15-28(2)16-18-29;/h3-5,7-8,10-13H,6,9,14-20H2,1-2H3,(H2,25,26,27);1H. The van der Waals surface area contributed by atoms with Gasteiger partial charge in [0.15, 0.2) is 5.96 Å². The molecule has 0 unspecified atom stereocenters. The van der Waals surface area contributed by atoms with Gasteiger partial charge in [0, 0.05) is 52.9 Å². The van der Waals surface area contributed by atoms with Gasteiger partial charge in [-0.1, -0.05) is 54.6 Å². The molecular formula is C24H36IN5. The summed E-state index contributed by atoms with van der Waals surface area (Å²) in [5, 5.41) is 6.82. The predicted molar refractivity (Wildman–Crippen MR) is 138 cm³/mol. The van der Waals surface area contributed by atoms with Crippen LogP contribution in [0.15, 0.2) is 59.6 Å². The van der Waals surface area contributed by atoms with E-state index in [0.717, 1.165) is 51.5 Å². The van der Waals surface area contributed by atoms with Crippen LogP contribution in [0, 0.1) is 0 Å². The smallest absolute Gasteiger partial charge is 0.191 e. The van der Waals surface area contributed by atoms with Crippen molar-refractivity contribution in [2.24, 2.45) is 4.99 Å². The molecule has 0 atom stereocenters. The molecule has 0 amide bonds. The second-order valence-corrected chi connectivity index (χ2v) is 7.84. The van der Waals surface area contributed by atoms with E-state index in [9.17, 15) is 0 Å². The fourth-order valence-corrected chi connectivity index (χ4v) is 3.58. The van der Waals surface area contributed by atoms with Crippen molar-refractivity contribution in [1.82, 2.24) is 20.4 Å². The first-order chi connectivity index (χ1) is 14.2. The van der Waals surface area contributed by atoms with Crippen LogP contribution in [0.2, 0.25) is 0 Å². The van der Waals surface area contributed by atoms with Gasteiger partial charge in [-0.15, -0.1) is 24.0 Å². The van der Waals surface area contributed by atoms with Gasteiger partial charge in [-0.2, -0.15) is 0 Å². The third kappa shape index (κ3) is 8.62. The lowest BCUT2D eigenvalue weighted by atomic mass is 10.1. The zero-order valence-corrected chi connectivity index (χ0v) is 20.6. The number of aliphatic imine (C=N–C) groups is 1. The van der Waals surface area contributed by atoms with Crippen LogP contribution in [-0.4, -0.2) is 62.6 Å². The molecule has 164 valence electrons. The van der Waals surface area contributed by atoms with Crippen LogP contribution in [0.25, 0.3) is 0 Å². The average molecular weight is 521 g/mol. The first-order valence-electron chi connectivity index (χ1n) is 10.7. The molecule has 3 rings (SSSR count). The van der Waals surface area contributed by atoms with Crippen LogP contribution >= 0.6 is 24.0 Å². The highest BCUT2D eigenvalue weighted by Gasteiger charge is 2.13. The Kier molecular flexibility index (Phi) is 11.2. The molecule has 0 saturated carbocycles. The molecule has 1 aliphatic heterocycles. The van der Waals surface area contributed by atoms with E-state index >= 15 is 0 Å². The molecule has 1 saturated heterocycles. The number of nitrogens with one attached hydrogen (secondary N) is 2. The van der Waals surface area contributed by atoms with Crippen LogP contribution in [0.5, 0.6) is 0 Å². The average Bonchev–Trinajstić information content (AvgIpc) is 2.76. The van der Waals surface area contributed by atoms with Crippen LogP contribution in [-0.2, 0) is 19.5 Å². The third-order valence-corrected chi connectivity index (χ3v) is 5.49. The summed E-state index contributed by atoms with van der Waals surface area (Å²) in [7, 11) is 4.02. The number of hydrogen-bond acceptors (Lipinski definition) is 3. The van der Waals surface area contributed by atoms with Gasteiger partial charge in [-0.3, -0.25) is 9.89 Å². The molecule has 2 aromatic rings. The molecule has 30 heavy (non-hydrogen) atoms. The van der Waals surface area contributed by atoms with Gasteiger partial charge < -0.3 is 15.5 Å². The van der Waals surface area contributed by atoms with Crippen molar-refractivity contribution in [3.8, 4) is 0 Å². The Morgan fingerprint density at radius 1 is 0.867 bits per heavy atom. The highest BCUT2D eigenvalue weighted by Crippen LogP contribution is 2.10. The van der Waals surface area contributed by atoms with E-state index in [-0.39, 0.29) is 24.0 Å². The molecule has 0 aromatic heterocycles. The Bertz CT molecular complexity index is 740. The fourth-order valence-electron chi connectivity index (χ4n) is 3.58. The Labute approximate surface area is 199 Å². The van der Waals surface area contributed by atoms with Gasteiger partial charge in [-0.25, -0.2) is 0 Å². The summed E-state index contributed by atoms with van der Waals surface area (Å²) in [5.74, 6) is 0.861. The SMILES string of the molecule is CN=C(NCCCc1ccccc1)NCc1ccc(CN2CCN(C)CC2)cc1.I. The van der Waals surface area contributed by atoms with Crippen LogP contribution in [0.3, 0.4) is 0 Å². The number of likely N-dealkylation sites (N-methyl/N-ethyl adjacent to an activating group) is 1. The number of aryl methyl sites for hydroxylation is 1. The minimum Gasteiger partial charge on any atom is -0.356 e. The number of hydrogen-bond donors (Lipinski definition) is 2. The summed E-state index contributed by atoms with van der Waals surface area (Å²) in [5.41, 5.74) is 4.05. The lowest BCUT2D eigenvalue weighted by Crippen LogP contribution is -2.43. The molecule has 2 aromatic carbocycles. The molecule has 0 spiro atoms. The summed E-state index contributed by atoms with van der Waals surface area (Å²) in [6, 6.07) is 19.6. The molecule has 1 heterocycles. The number of guanidine groups is 1. The van der Waals surface area contributed by atoms with Crippen molar-refractivity contribution < 1.29 is 0 Å². The van der Waals surface area contributed by atoms with Crippen molar-refractivity contribution in [1.29, 1.82) is 0 Å². The normalized spacial score (nSPS) is 15.5. The van der Waals surface area contributed by atoms with Crippen molar-refractivity contribution in [2.45, 2.75) is 25.9 Å². The topological polar surface area (TPSA) is 42.9 Å². The maximum Gasteiger partial charge on any atom is 0.191 e. The second kappa shape index (κ2) is 13.6. The lowest BCUT2D eigenvalue weighted by Gasteiger charge is -2.32. The van der Waals surface area contributed by atoms with Gasteiger partial charge in [0.2, 0.25) is 0 Å². The molecule has 1 fully saturated rings. The van der Waals surface area contributed by atoms with E-state index in [0.29, 0.717) is 0 Å². The minimum atomic E-state index is 0. The summed E-state index contributed by atoms with van der Waals surface area (Å²) in [4.78, 5) is 9.27.